The van der Waals surface area contributed by atoms with Crippen LogP contribution in [0, 0.1) is 6.92 Å². The Balaban J connectivity index is 1.63. The largest absolute Gasteiger partial charge is 0.331 e. The van der Waals surface area contributed by atoms with E-state index in [9.17, 15) is 0 Å². The first-order valence-electron chi connectivity index (χ1n) is 9.26. The van der Waals surface area contributed by atoms with E-state index in [2.05, 4.69) is 67.6 Å². The zero-order valence-corrected chi connectivity index (χ0v) is 15.8. The highest BCUT2D eigenvalue weighted by atomic mass is 15.1. The van der Waals surface area contributed by atoms with Crippen LogP contribution in [0.25, 0.3) is 28.0 Å². The fraction of sp³-hybridized carbons (Fsp3) is 0.167. The number of aryl methyl sites for hydroxylation is 4. The Morgan fingerprint density at radius 1 is 1.00 bits per heavy atom. The molecule has 2 aromatic heterocycles. The average Bonchev–Trinajstić information content (AvgIpc) is 3.02. The second-order valence-electron chi connectivity index (χ2n) is 6.82. The molecule has 0 N–H and O–H groups in total. The number of benzene rings is 2. The molecule has 0 atom stereocenters. The first kappa shape index (κ1) is 17.2. The van der Waals surface area contributed by atoms with Crippen LogP contribution in [0.5, 0.6) is 0 Å². The molecule has 2 heterocycles. The van der Waals surface area contributed by atoms with E-state index in [4.69, 9.17) is 9.97 Å². The van der Waals surface area contributed by atoms with Crippen LogP contribution in [0.1, 0.15) is 22.6 Å². The summed E-state index contributed by atoms with van der Waals surface area (Å²) in [5.41, 5.74) is 6.79. The first-order valence-corrected chi connectivity index (χ1v) is 9.26. The molecule has 0 fully saturated rings. The van der Waals surface area contributed by atoms with Crippen LogP contribution in [0.15, 0.2) is 67.3 Å². The standard InChI is InChI=1S/C24H23N3/c1-4-5-8-18-12-15-22-24(17(18)2)26-23(27(22)3)16-14-20-13-11-19-9-6-7-10-21(19)25-20/h4-13,15H,1,14,16H2,2-3H3/b8-5-. The lowest BCUT2D eigenvalue weighted by Gasteiger charge is -2.04. The lowest BCUT2D eigenvalue weighted by atomic mass is 10.1. The Morgan fingerprint density at radius 3 is 2.70 bits per heavy atom. The minimum Gasteiger partial charge on any atom is -0.331 e. The summed E-state index contributed by atoms with van der Waals surface area (Å²) in [4.78, 5) is 9.72. The third-order valence-electron chi connectivity index (χ3n) is 5.11. The van der Waals surface area contributed by atoms with Crippen molar-refractivity contribution >= 4 is 28.0 Å². The van der Waals surface area contributed by atoms with Crippen LogP contribution in [0.4, 0.5) is 0 Å². The van der Waals surface area contributed by atoms with Gasteiger partial charge in [-0.25, -0.2) is 4.98 Å². The lowest BCUT2D eigenvalue weighted by molar-refractivity contribution is 0.778. The van der Waals surface area contributed by atoms with Gasteiger partial charge in [-0.1, -0.05) is 55.1 Å². The van der Waals surface area contributed by atoms with Crippen molar-refractivity contribution in [2.45, 2.75) is 19.8 Å². The maximum atomic E-state index is 4.93. The summed E-state index contributed by atoms with van der Waals surface area (Å²) in [5, 5.41) is 1.18. The molecule has 0 saturated carbocycles. The van der Waals surface area contributed by atoms with E-state index in [-0.39, 0.29) is 0 Å². The summed E-state index contributed by atoms with van der Waals surface area (Å²) in [6.45, 7) is 5.88. The van der Waals surface area contributed by atoms with Crippen LogP contribution in [-0.2, 0) is 19.9 Å². The second kappa shape index (κ2) is 7.20. The molecule has 4 aromatic rings. The summed E-state index contributed by atoms with van der Waals surface area (Å²) in [6, 6.07) is 16.8. The van der Waals surface area contributed by atoms with Crippen LogP contribution >= 0.6 is 0 Å². The van der Waals surface area contributed by atoms with Gasteiger partial charge in [-0.05, 0) is 42.7 Å². The fourth-order valence-corrected chi connectivity index (χ4v) is 3.52. The highest BCUT2D eigenvalue weighted by Gasteiger charge is 2.12. The summed E-state index contributed by atoms with van der Waals surface area (Å²) in [7, 11) is 2.09. The normalized spacial score (nSPS) is 11.6. The van der Waals surface area contributed by atoms with Crippen molar-refractivity contribution in [3.8, 4) is 0 Å². The molecule has 0 aliphatic rings. The van der Waals surface area contributed by atoms with Crippen LogP contribution in [0.2, 0.25) is 0 Å². The molecule has 0 aliphatic carbocycles. The fourth-order valence-electron chi connectivity index (χ4n) is 3.52. The van der Waals surface area contributed by atoms with Crippen molar-refractivity contribution in [1.29, 1.82) is 0 Å². The van der Waals surface area contributed by atoms with E-state index < -0.39 is 0 Å². The molecule has 0 radical (unpaired) electrons. The molecule has 3 nitrogen and oxygen atoms in total. The number of rotatable bonds is 5. The smallest absolute Gasteiger partial charge is 0.109 e. The van der Waals surface area contributed by atoms with Crippen molar-refractivity contribution in [2.75, 3.05) is 0 Å². The number of imidazole rings is 1. The zero-order valence-electron chi connectivity index (χ0n) is 15.8. The maximum Gasteiger partial charge on any atom is 0.109 e. The molecule has 0 aliphatic heterocycles. The summed E-state index contributed by atoms with van der Waals surface area (Å²) in [6.07, 6.45) is 7.58. The van der Waals surface area contributed by atoms with Gasteiger partial charge in [0, 0.05) is 24.5 Å². The van der Waals surface area contributed by atoms with Gasteiger partial charge in [-0.2, -0.15) is 0 Å². The second-order valence-corrected chi connectivity index (χ2v) is 6.82. The minimum absolute atomic E-state index is 0.869. The van der Waals surface area contributed by atoms with Gasteiger partial charge in [0.1, 0.15) is 5.82 Å². The van der Waals surface area contributed by atoms with Gasteiger partial charge >= 0.3 is 0 Å². The van der Waals surface area contributed by atoms with Crippen molar-refractivity contribution < 1.29 is 0 Å². The van der Waals surface area contributed by atoms with Gasteiger partial charge in [0.05, 0.1) is 16.6 Å². The van der Waals surface area contributed by atoms with Crippen molar-refractivity contribution in [3.63, 3.8) is 0 Å². The van der Waals surface area contributed by atoms with Gasteiger partial charge in [0.15, 0.2) is 0 Å². The molecular formula is C24H23N3. The molecule has 0 saturated heterocycles. The Kier molecular flexibility index (Phi) is 4.59. The molecule has 3 heteroatoms. The van der Waals surface area contributed by atoms with Gasteiger partial charge in [0.2, 0.25) is 0 Å². The quantitative estimate of drug-likeness (QED) is 0.449. The predicted molar refractivity (Wildman–Crippen MR) is 114 cm³/mol. The summed E-state index contributed by atoms with van der Waals surface area (Å²) < 4.78 is 2.20. The Morgan fingerprint density at radius 2 is 1.85 bits per heavy atom. The number of fused-ring (bicyclic) bond motifs is 2. The first-order chi connectivity index (χ1) is 13.2. The number of para-hydroxylation sites is 1. The third kappa shape index (κ3) is 3.28. The van der Waals surface area contributed by atoms with Gasteiger partial charge in [-0.3, -0.25) is 4.98 Å². The number of aromatic nitrogens is 3. The van der Waals surface area contributed by atoms with Crippen LogP contribution in [0.3, 0.4) is 0 Å². The Labute approximate surface area is 159 Å². The van der Waals surface area contributed by atoms with Crippen molar-refractivity contribution in [3.05, 3.63) is 89.9 Å². The van der Waals surface area contributed by atoms with E-state index in [0.717, 1.165) is 35.4 Å². The topological polar surface area (TPSA) is 30.7 Å². The van der Waals surface area contributed by atoms with Crippen molar-refractivity contribution in [2.24, 2.45) is 7.05 Å². The number of nitrogens with zero attached hydrogens (tertiary/aromatic N) is 3. The number of hydrogen-bond acceptors (Lipinski definition) is 2. The minimum atomic E-state index is 0.869. The molecule has 0 amide bonds. The molecule has 2 aromatic carbocycles. The number of hydrogen-bond donors (Lipinski definition) is 0. The molecule has 27 heavy (non-hydrogen) atoms. The molecule has 0 spiro atoms. The maximum absolute atomic E-state index is 4.93. The molecule has 0 unspecified atom stereocenters. The van der Waals surface area contributed by atoms with Crippen LogP contribution < -0.4 is 0 Å². The monoisotopic (exact) mass is 353 g/mol. The van der Waals surface area contributed by atoms with E-state index in [1.807, 2.05) is 18.2 Å². The highest BCUT2D eigenvalue weighted by molar-refractivity contribution is 5.83. The lowest BCUT2D eigenvalue weighted by Crippen LogP contribution is -2.01. The Bertz CT molecular complexity index is 1170. The van der Waals surface area contributed by atoms with Gasteiger partial charge in [0.25, 0.3) is 0 Å². The summed E-state index contributed by atoms with van der Waals surface area (Å²) in [5.74, 6) is 1.09. The molecule has 4 rings (SSSR count). The van der Waals surface area contributed by atoms with Gasteiger partial charge in [-0.15, -0.1) is 0 Å². The predicted octanol–water partition coefficient (Wildman–Crippen LogP) is 5.41. The third-order valence-corrected chi connectivity index (χ3v) is 5.11. The number of allylic oxidation sites excluding steroid dienone is 2. The molecule has 0 bridgehead atoms. The Hall–Kier alpha value is -3.20. The van der Waals surface area contributed by atoms with Gasteiger partial charge < -0.3 is 4.57 Å². The molecular weight excluding hydrogens is 330 g/mol. The highest BCUT2D eigenvalue weighted by Crippen LogP contribution is 2.24. The molecule has 134 valence electrons. The average molecular weight is 353 g/mol. The zero-order chi connectivity index (χ0) is 18.8. The van der Waals surface area contributed by atoms with Crippen LogP contribution in [-0.4, -0.2) is 14.5 Å². The number of pyridine rings is 1. The van der Waals surface area contributed by atoms with E-state index in [1.54, 1.807) is 6.08 Å². The van der Waals surface area contributed by atoms with E-state index in [1.165, 1.54) is 22.0 Å². The van der Waals surface area contributed by atoms with Crippen molar-refractivity contribution in [1.82, 2.24) is 14.5 Å². The van der Waals surface area contributed by atoms with E-state index >= 15 is 0 Å². The summed E-state index contributed by atoms with van der Waals surface area (Å²) >= 11 is 0. The SMILES string of the molecule is C=C/C=C\c1ccc2c(nc(CCc3ccc4ccccc4n3)n2C)c1C. The van der Waals surface area contributed by atoms with E-state index in [0.29, 0.717) is 0 Å².